The predicted octanol–water partition coefficient (Wildman–Crippen LogP) is 3.87. The van der Waals surface area contributed by atoms with Crippen molar-refractivity contribution in [3.8, 4) is 0 Å². The highest BCUT2D eigenvalue weighted by molar-refractivity contribution is 7.10. The molecule has 2 aliphatic heterocycles. The molecule has 1 saturated heterocycles. The summed E-state index contributed by atoms with van der Waals surface area (Å²) in [4.78, 5) is 18.6. The Bertz CT molecular complexity index is 767. The number of likely N-dealkylation sites (tertiary alicyclic amines) is 1. The van der Waals surface area contributed by atoms with Crippen molar-refractivity contribution < 1.29 is 9.18 Å². The molecule has 0 atom stereocenters. The third-order valence-corrected chi connectivity index (χ3v) is 6.76. The first-order valence-corrected chi connectivity index (χ1v) is 10.4. The van der Waals surface area contributed by atoms with E-state index in [0.717, 1.165) is 45.4 Å². The number of rotatable bonds is 4. The lowest BCUT2D eigenvalue weighted by atomic mass is 9.99. The van der Waals surface area contributed by atoms with Crippen molar-refractivity contribution in [2.75, 3.05) is 19.6 Å². The molecule has 2 aromatic rings. The largest absolute Gasteiger partial charge is 0.343 e. The first kappa shape index (κ1) is 17.7. The maximum Gasteiger partial charge on any atom is 0.222 e. The molecular formula is C21H25FN2OS. The smallest absolute Gasteiger partial charge is 0.222 e. The monoisotopic (exact) mass is 372 g/mol. The van der Waals surface area contributed by atoms with Gasteiger partial charge in [0.2, 0.25) is 5.91 Å². The molecule has 0 saturated carbocycles. The van der Waals surface area contributed by atoms with Crippen LogP contribution < -0.4 is 0 Å². The summed E-state index contributed by atoms with van der Waals surface area (Å²) in [5.74, 6) is -0.0534. The van der Waals surface area contributed by atoms with Crippen molar-refractivity contribution in [3.05, 3.63) is 57.5 Å². The van der Waals surface area contributed by atoms with Gasteiger partial charge < -0.3 is 4.90 Å². The van der Waals surface area contributed by atoms with Crippen LogP contribution >= 0.6 is 11.3 Å². The number of halogens is 1. The molecule has 138 valence electrons. The van der Waals surface area contributed by atoms with Gasteiger partial charge in [-0.25, -0.2) is 4.39 Å². The first-order valence-electron chi connectivity index (χ1n) is 9.51. The fourth-order valence-electron chi connectivity index (χ4n) is 4.16. The van der Waals surface area contributed by atoms with Gasteiger partial charge in [0.25, 0.3) is 0 Å². The summed E-state index contributed by atoms with van der Waals surface area (Å²) in [6, 6.07) is 9.58. The second kappa shape index (κ2) is 7.89. The fourth-order valence-corrected chi connectivity index (χ4v) is 5.05. The Hall–Kier alpha value is -1.72. The van der Waals surface area contributed by atoms with Crippen molar-refractivity contribution in [2.45, 2.75) is 44.7 Å². The zero-order valence-corrected chi connectivity index (χ0v) is 15.8. The molecule has 0 spiro atoms. The van der Waals surface area contributed by atoms with Gasteiger partial charge >= 0.3 is 0 Å². The number of hydrogen-bond acceptors (Lipinski definition) is 3. The molecule has 1 fully saturated rings. The van der Waals surface area contributed by atoms with Crippen LogP contribution in [0.5, 0.6) is 0 Å². The van der Waals surface area contributed by atoms with Gasteiger partial charge in [-0.1, -0.05) is 18.2 Å². The maximum atomic E-state index is 13.7. The SMILES string of the molecule is O=C(CCc1ccccc1F)N1CCC(N2CCc3sccc3C2)CC1. The number of benzene rings is 1. The van der Waals surface area contributed by atoms with E-state index in [9.17, 15) is 9.18 Å². The Morgan fingerprint density at radius 2 is 1.96 bits per heavy atom. The molecule has 2 aliphatic rings. The highest BCUT2D eigenvalue weighted by Crippen LogP contribution is 2.28. The summed E-state index contributed by atoms with van der Waals surface area (Å²) >= 11 is 1.88. The number of amides is 1. The van der Waals surface area contributed by atoms with Crippen LogP contribution in [0.3, 0.4) is 0 Å². The third kappa shape index (κ3) is 3.84. The van der Waals surface area contributed by atoms with Crippen LogP contribution in [0.2, 0.25) is 0 Å². The van der Waals surface area contributed by atoms with Crippen LogP contribution in [-0.4, -0.2) is 41.4 Å². The minimum atomic E-state index is -0.211. The number of hydrogen-bond donors (Lipinski definition) is 0. The normalized spacial score (nSPS) is 18.7. The van der Waals surface area contributed by atoms with E-state index in [2.05, 4.69) is 16.3 Å². The molecule has 1 aromatic carbocycles. The molecule has 3 nitrogen and oxygen atoms in total. The van der Waals surface area contributed by atoms with Crippen molar-refractivity contribution in [2.24, 2.45) is 0 Å². The van der Waals surface area contributed by atoms with E-state index in [1.165, 1.54) is 11.6 Å². The lowest BCUT2D eigenvalue weighted by Crippen LogP contribution is -2.48. The molecule has 1 aromatic heterocycles. The quantitative estimate of drug-likeness (QED) is 0.813. The molecular weight excluding hydrogens is 347 g/mol. The Kier molecular flexibility index (Phi) is 5.36. The molecule has 26 heavy (non-hydrogen) atoms. The van der Waals surface area contributed by atoms with Crippen LogP contribution in [0, 0.1) is 5.82 Å². The van der Waals surface area contributed by atoms with Crippen LogP contribution in [0.4, 0.5) is 4.39 Å². The summed E-state index contributed by atoms with van der Waals surface area (Å²) in [5, 5.41) is 2.20. The van der Waals surface area contributed by atoms with Gasteiger partial charge in [0, 0.05) is 43.5 Å². The second-order valence-corrected chi connectivity index (χ2v) is 8.29. The van der Waals surface area contributed by atoms with Crippen LogP contribution in [0.25, 0.3) is 0 Å². The highest BCUT2D eigenvalue weighted by Gasteiger charge is 2.29. The molecule has 4 rings (SSSR count). The van der Waals surface area contributed by atoms with Crippen LogP contribution in [-0.2, 0) is 24.2 Å². The van der Waals surface area contributed by atoms with Crippen LogP contribution in [0.15, 0.2) is 35.7 Å². The number of carbonyl (C=O) groups is 1. The first-order chi connectivity index (χ1) is 12.7. The lowest BCUT2D eigenvalue weighted by Gasteiger charge is -2.40. The Morgan fingerprint density at radius 3 is 2.77 bits per heavy atom. The number of nitrogens with zero attached hydrogens (tertiary/aromatic N) is 2. The van der Waals surface area contributed by atoms with E-state index in [-0.39, 0.29) is 11.7 Å². The van der Waals surface area contributed by atoms with Crippen molar-refractivity contribution in [1.82, 2.24) is 9.80 Å². The summed E-state index contributed by atoms with van der Waals surface area (Å²) in [6.45, 7) is 3.85. The number of aryl methyl sites for hydroxylation is 1. The molecule has 0 aliphatic carbocycles. The van der Waals surface area contributed by atoms with Crippen molar-refractivity contribution >= 4 is 17.2 Å². The minimum absolute atomic E-state index is 0.158. The Morgan fingerprint density at radius 1 is 1.15 bits per heavy atom. The Balaban J connectivity index is 1.26. The summed E-state index contributed by atoms with van der Waals surface area (Å²) in [7, 11) is 0. The summed E-state index contributed by atoms with van der Waals surface area (Å²) in [5.41, 5.74) is 2.13. The van der Waals surface area contributed by atoms with E-state index in [4.69, 9.17) is 0 Å². The molecule has 5 heteroatoms. The minimum Gasteiger partial charge on any atom is -0.343 e. The van der Waals surface area contributed by atoms with Gasteiger partial charge in [0.05, 0.1) is 0 Å². The maximum absolute atomic E-state index is 13.7. The molecule has 0 bridgehead atoms. The number of carbonyl (C=O) groups excluding carboxylic acids is 1. The van der Waals surface area contributed by atoms with E-state index in [1.807, 2.05) is 22.3 Å². The fraction of sp³-hybridized carbons (Fsp3) is 0.476. The molecule has 1 amide bonds. The van der Waals surface area contributed by atoms with Gasteiger partial charge in [-0.3, -0.25) is 9.69 Å². The van der Waals surface area contributed by atoms with Gasteiger partial charge in [0.15, 0.2) is 0 Å². The summed E-state index contributed by atoms with van der Waals surface area (Å²) < 4.78 is 13.7. The second-order valence-electron chi connectivity index (χ2n) is 7.29. The standard InChI is InChI=1S/C21H25FN2OS/c22-19-4-2-1-3-16(19)5-6-21(25)23-11-7-18(8-12-23)24-13-9-20-17(15-24)10-14-26-20/h1-4,10,14,18H,5-9,11-13,15H2. The van der Waals surface area contributed by atoms with Crippen molar-refractivity contribution in [3.63, 3.8) is 0 Å². The van der Waals surface area contributed by atoms with E-state index in [1.54, 1.807) is 17.0 Å². The zero-order valence-electron chi connectivity index (χ0n) is 15.0. The van der Waals surface area contributed by atoms with E-state index < -0.39 is 0 Å². The Labute approximate surface area is 158 Å². The van der Waals surface area contributed by atoms with Gasteiger partial charge in [-0.05, 0) is 54.3 Å². The van der Waals surface area contributed by atoms with Crippen LogP contribution in [0.1, 0.15) is 35.3 Å². The lowest BCUT2D eigenvalue weighted by molar-refractivity contribution is -0.132. The van der Waals surface area contributed by atoms with Gasteiger partial charge in [-0.2, -0.15) is 0 Å². The van der Waals surface area contributed by atoms with Gasteiger partial charge in [-0.15, -0.1) is 11.3 Å². The average molecular weight is 373 g/mol. The molecule has 0 N–H and O–H groups in total. The van der Waals surface area contributed by atoms with E-state index >= 15 is 0 Å². The number of fused-ring (bicyclic) bond motifs is 1. The topological polar surface area (TPSA) is 23.6 Å². The third-order valence-electron chi connectivity index (χ3n) is 5.74. The highest BCUT2D eigenvalue weighted by atomic mass is 32.1. The molecule has 0 radical (unpaired) electrons. The number of thiophene rings is 1. The average Bonchev–Trinajstić information content (AvgIpc) is 3.15. The molecule has 0 unspecified atom stereocenters. The molecule has 3 heterocycles. The van der Waals surface area contributed by atoms with E-state index in [0.29, 0.717) is 24.4 Å². The zero-order chi connectivity index (χ0) is 17.9. The van der Waals surface area contributed by atoms with Crippen molar-refractivity contribution in [1.29, 1.82) is 0 Å². The van der Waals surface area contributed by atoms with Gasteiger partial charge in [0.1, 0.15) is 5.82 Å². The predicted molar refractivity (Wildman–Crippen MR) is 103 cm³/mol. The number of piperidine rings is 1. The summed E-state index contributed by atoms with van der Waals surface area (Å²) in [6.07, 6.45) is 4.14.